The summed E-state index contributed by atoms with van der Waals surface area (Å²) < 4.78 is 26.4. The highest BCUT2D eigenvalue weighted by molar-refractivity contribution is 5.45. The van der Waals surface area contributed by atoms with E-state index >= 15 is 0 Å². The van der Waals surface area contributed by atoms with Gasteiger partial charge in [0.25, 0.3) is 0 Å². The van der Waals surface area contributed by atoms with Crippen molar-refractivity contribution in [3.8, 4) is 0 Å². The molecule has 4 nitrogen and oxygen atoms in total. The Morgan fingerprint density at radius 1 is 1.47 bits per heavy atom. The van der Waals surface area contributed by atoms with Crippen LogP contribution in [0.1, 0.15) is 12.8 Å². The number of nitrogens with two attached hydrogens (primary N) is 1. The zero-order valence-corrected chi connectivity index (χ0v) is 9.71. The molecule has 1 aliphatic heterocycles. The highest BCUT2D eigenvalue weighted by Gasteiger charge is 2.19. The first-order chi connectivity index (χ1) is 8.06. The highest BCUT2D eigenvalue weighted by Crippen LogP contribution is 2.19. The van der Waals surface area contributed by atoms with Gasteiger partial charge in [-0.2, -0.15) is 0 Å². The Hall–Kier alpha value is -1.43. The molecular formula is C11H16F2N4. The van der Waals surface area contributed by atoms with E-state index in [1.54, 1.807) is 0 Å². The number of hydrogen-bond acceptors (Lipinski definition) is 4. The maximum Gasteiger partial charge on any atom is 0.168 e. The quantitative estimate of drug-likeness (QED) is 0.824. The molecule has 0 spiro atoms. The first kappa shape index (κ1) is 12.0. The van der Waals surface area contributed by atoms with E-state index in [0.717, 1.165) is 32.0 Å². The van der Waals surface area contributed by atoms with Crippen LogP contribution in [0.25, 0.3) is 0 Å². The lowest BCUT2D eigenvalue weighted by molar-refractivity contribution is 0.260. The minimum atomic E-state index is -0.825. The number of halogens is 2. The lowest BCUT2D eigenvalue weighted by Crippen LogP contribution is -2.40. The Balaban J connectivity index is 2.10. The van der Waals surface area contributed by atoms with E-state index in [-0.39, 0.29) is 17.7 Å². The predicted molar refractivity (Wildman–Crippen MR) is 62.7 cm³/mol. The van der Waals surface area contributed by atoms with Gasteiger partial charge >= 0.3 is 0 Å². The minimum absolute atomic E-state index is 0.0317. The summed E-state index contributed by atoms with van der Waals surface area (Å²) in [5.74, 6) is -1.78. The molecule has 1 atom stereocenters. The molecule has 0 aliphatic carbocycles. The Bertz CT molecular complexity index is 411. The summed E-state index contributed by atoms with van der Waals surface area (Å²) in [4.78, 5) is 5.85. The van der Waals surface area contributed by atoms with Gasteiger partial charge in [-0.1, -0.05) is 0 Å². The average molecular weight is 242 g/mol. The SMILES string of the molecule is CN1CCCC(Nc2nc(N)c(F)cc2F)C1. The molecule has 1 fully saturated rings. The number of rotatable bonds is 2. The fraction of sp³-hybridized carbons (Fsp3) is 0.545. The van der Waals surface area contributed by atoms with E-state index in [9.17, 15) is 8.78 Å². The van der Waals surface area contributed by atoms with Crippen LogP contribution in [0.5, 0.6) is 0 Å². The zero-order valence-electron chi connectivity index (χ0n) is 9.71. The molecular weight excluding hydrogens is 226 g/mol. The van der Waals surface area contributed by atoms with Crippen molar-refractivity contribution in [1.82, 2.24) is 9.88 Å². The van der Waals surface area contributed by atoms with Gasteiger partial charge in [0.1, 0.15) is 0 Å². The molecule has 17 heavy (non-hydrogen) atoms. The number of aromatic nitrogens is 1. The Morgan fingerprint density at radius 2 is 2.24 bits per heavy atom. The molecule has 0 bridgehead atoms. The molecule has 1 aromatic rings. The average Bonchev–Trinajstić information content (AvgIpc) is 2.26. The molecule has 1 aliphatic rings. The lowest BCUT2D eigenvalue weighted by Gasteiger charge is -2.30. The third-order valence-corrected chi connectivity index (χ3v) is 2.92. The molecule has 2 heterocycles. The van der Waals surface area contributed by atoms with Gasteiger partial charge in [-0.15, -0.1) is 0 Å². The number of piperidine rings is 1. The third kappa shape index (κ3) is 2.82. The molecule has 0 radical (unpaired) electrons. The van der Waals surface area contributed by atoms with Crippen molar-refractivity contribution in [3.05, 3.63) is 17.7 Å². The van der Waals surface area contributed by atoms with E-state index in [1.807, 2.05) is 7.05 Å². The van der Waals surface area contributed by atoms with Gasteiger partial charge in [0.15, 0.2) is 23.3 Å². The summed E-state index contributed by atoms with van der Waals surface area (Å²) in [5, 5.41) is 2.97. The van der Waals surface area contributed by atoms with Gasteiger partial charge in [-0.05, 0) is 26.4 Å². The number of nitrogens with zero attached hydrogens (tertiary/aromatic N) is 2. The monoisotopic (exact) mass is 242 g/mol. The highest BCUT2D eigenvalue weighted by atomic mass is 19.1. The van der Waals surface area contributed by atoms with Gasteiger partial charge in [0.05, 0.1) is 0 Å². The van der Waals surface area contributed by atoms with Crippen molar-refractivity contribution >= 4 is 11.6 Å². The molecule has 6 heteroatoms. The Labute approximate surface area is 98.8 Å². The molecule has 0 aromatic carbocycles. The number of nitrogens with one attached hydrogen (secondary N) is 1. The third-order valence-electron chi connectivity index (χ3n) is 2.92. The van der Waals surface area contributed by atoms with Crippen LogP contribution in [0.4, 0.5) is 20.4 Å². The zero-order chi connectivity index (χ0) is 12.4. The summed E-state index contributed by atoms with van der Waals surface area (Å²) in [6.45, 7) is 1.86. The molecule has 1 unspecified atom stereocenters. The normalized spacial score (nSPS) is 21.5. The smallest absolute Gasteiger partial charge is 0.168 e. The Morgan fingerprint density at radius 3 is 2.94 bits per heavy atom. The topological polar surface area (TPSA) is 54.2 Å². The van der Waals surface area contributed by atoms with E-state index in [0.29, 0.717) is 0 Å². The van der Waals surface area contributed by atoms with E-state index in [1.165, 1.54) is 0 Å². The second-order valence-corrected chi connectivity index (χ2v) is 4.43. The van der Waals surface area contributed by atoms with Gasteiger partial charge < -0.3 is 16.0 Å². The van der Waals surface area contributed by atoms with Crippen molar-refractivity contribution in [2.75, 3.05) is 31.2 Å². The number of likely N-dealkylation sites (tertiary alicyclic amines) is 1. The molecule has 0 saturated carbocycles. The van der Waals surface area contributed by atoms with E-state index in [2.05, 4.69) is 15.2 Å². The molecule has 2 rings (SSSR count). The minimum Gasteiger partial charge on any atom is -0.381 e. The number of hydrogen-bond donors (Lipinski definition) is 2. The summed E-state index contributed by atoms with van der Waals surface area (Å²) in [5.41, 5.74) is 5.32. The fourth-order valence-electron chi connectivity index (χ4n) is 2.06. The molecule has 94 valence electrons. The number of anilines is 2. The standard InChI is InChI=1S/C11H16F2N4/c1-17-4-2-3-7(6-17)15-11-9(13)5-8(12)10(14)16-11/h5,7H,2-4,6H2,1H3,(H3,14,15,16). The Kier molecular flexibility index (Phi) is 3.42. The van der Waals surface area contributed by atoms with Crippen LogP contribution in [0.2, 0.25) is 0 Å². The number of pyridine rings is 1. The van der Waals surface area contributed by atoms with Crippen molar-refractivity contribution in [3.63, 3.8) is 0 Å². The summed E-state index contributed by atoms with van der Waals surface area (Å²) in [6, 6.07) is 0.887. The molecule has 0 amide bonds. The van der Waals surface area contributed by atoms with Crippen molar-refractivity contribution in [2.24, 2.45) is 0 Å². The van der Waals surface area contributed by atoms with Gasteiger partial charge in [0, 0.05) is 18.7 Å². The van der Waals surface area contributed by atoms with Crippen LogP contribution in [0.3, 0.4) is 0 Å². The molecule has 1 saturated heterocycles. The van der Waals surface area contributed by atoms with Gasteiger partial charge in [-0.25, -0.2) is 13.8 Å². The first-order valence-electron chi connectivity index (χ1n) is 5.63. The second kappa shape index (κ2) is 4.83. The van der Waals surface area contributed by atoms with Crippen LogP contribution in [0.15, 0.2) is 6.07 Å². The first-order valence-corrected chi connectivity index (χ1v) is 5.63. The van der Waals surface area contributed by atoms with E-state index in [4.69, 9.17) is 5.73 Å². The lowest BCUT2D eigenvalue weighted by atomic mass is 10.1. The van der Waals surface area contributed by atoms with Crippen molar-refractivity contribution in [1.29, 1.82) is 0 Å². The maximum atomic E-state index is 13.4. The summed E-state index contributed by atoms with van der Waals surface area (Å²) in [7, 11) is 2.01. The maximum absolute atomic E-state index is 13.4. The summed E-state index contributed by atoms with van der Waals surface area (Å²) >= 11 is 0. The van der Waals surface area contributed by atoms with Crippen LogP contribution in [-0.2, 0) is 0 Å². The van der Waals surface area contributed by atoms with Gasteiger partial charge in [0.2, 0.25) is 0 Å². The fourth-order valence-corrected chi connectivity index (χ4v) is 2.06. The molecule has 3 N–H and O–H groups in total. The number of likely N-dealkylation sites (N-methyl/N-ethyl adjacent to an activating group) is 1. The van der Waals surface area contributed by atoms with Crippen molar-refractivity contribution < 1.29 is 8.78 Å². The van der Waals surface area contributed by atoms with E-state index < -0.39 is 11.6 Å². The summed E-state index contributed by atoms with van der Waals surface area (Å²) in [6.07, 6.45) is 2.00. The van der Waals surface area contributed by atoms with Gasteiger partial charge in [-0.3, -0.25) is 0 Å². The molecule has 1 aromatic heterocycles. The second-order valence-electron chi connectivity index (χ2n) is 4.43. The van der Waals surface area contributed by atoms with Crippen LogP contribution >= 0.6 is 0 Å². The van der Waals surface area contributed by atoms with Crippen LogP contribution in [-0.4, -0.2) is 36.1 Å². The van der Waals surface area contributed by atoms with Crippen LogP contribution in [0, 0.1) is 11.6 Å². The largest absolute Gasteiger partial charge is 0.381 e. The number of nitrogen functional groups attached to an aromatic ring is 1. The van der Waals surface area contributed by atoms with Crippen LogP contribution < -0.4 is 11.1 Å². The predicted octanol–water partition coefficient (Wildman–Crippen LogP) is 1.45. The van der Waals surface area contributed by atoms with Crippen molar-refractivity contribution in [2.45, 2.75) is 18.9 Å².